The quantitative estimate of drug-likeness (QED) is 0.333. The third kappa shape index (κ3) is 9.97. The van der Waals surface area contributed by atoms with E-state index in [1.54, 1.807) is 32.9 Å². The average Bonchev–Trinajstić information content (AvgIpc) is 2.62. The second-order valence-electron chi connectivity index (χ2n) is 7.36. The number of rotatable bonds is 8. The van der Waals surface area contributed by atoms with Gasteiger partial charge < -0.3 is 29.0 Å². The van der Waals surface area contributed by atoms with Crippen LogP contribution in [0.2, 0.25) is 0 Å². The van der Waals surface area contributed by atoms with E-state index in [0.717, 1.165) is 0 Å². The summed E-state index contributed by atoms with van der Waals surface area (Å²) >= 11 is 1.21. The minimum atomic E-state index is -0.968. The molecule has 0 aromatic carbocycles. The average molecular weight is 448 g/mol. The van der Waals surface area contributed by atoms with Crippen molar-refractivity contribution < 1.29 is 42.9 Å². The molecule has 0 bridgehead atoms. The highest BCUT2D eigenvalue weighted by atomic mass is 32.2. The lowest BCUT2D eigenvalue weighted by atomic mass is 10.1. The normalized spacial score (nSPS) is 21.9. The van der Waals surface area contributed by atoms with Crippen LogP contribution in [-0.4, -0.2) is 72.8 Å². The van der Waals surface area contributed by atoms with E-state index < -0.39 is 53.3 Å². The summed E-state index contributed by atoms with van der Waals surface area (Å²) in [6.45, 7) is 7.54. The lowest BCUT2D eigenvalue weighted by Crippen LogP contribution is -2.46. The van der Waals surface area contributed by atoms with Gasteiger partial charge >= 0.3 is 24.0 Å². The number of thioether (sulfide) groups is 1. The summed E-state index contributed by atoms with van der Waals surface area (Å²) in [5, 5.41) is 2.48. The number of methoxy groups -OCH3 is 1. The molecule has 2 unspecified atom stereocenters. The van der Waals surface area contributed by atoms with Gasteiger partial charge in [-0.05, 0) is 32.9 Å². The molecule has 4 atom stereocenters. The van der Waals surface area contributed by atoms with Crippen molar-refractivity contribution in [1.82, 2.24) is 5.32 Å². The number of carbonyl (C=O) groups excluding carboxylic acids is 4. The molecular weight excluding hydrogens is 418 g/mol. The molecule has 10 nitrogen and oxygen atoms in total. The van der Waals surface area contributed by atoms with Gasteiger partial charge in [-0.25, -0.2) is 9.59 Å². The molecule has 0 aliphatic carbocycles. The number of alkyl carbamates (subject to hydrolysis) is 1. The van der Waals surface area contributed by atoms with Crippen molar-refractivity contribution in [2.24, 2.45) is 0 Å². The first-order valence-electron chi connectivity index (χ1n) is 9.24. The summed E-state index contributed by atoms with van der Waals surface area (Å²) in [6, 6.07) is -0.968. The second-order valence-corrected chi connectivity index (χ2v) is 8.49. The monoisotopic (exact) mass is 447 g/mol. The standard InChI is InChI=1S/C19H29NO9S/c1-11(21)26-9-15-14(27-12(2)22)7-8-16(28-15)30-10-13(17(23)25-6)20-18(24)29-19(3,4)5/h7-8,13-16H,9-10H2,1-6H3,(H,20,24)/t13?,14-,15?,16-/m1/s1. The summed E-state index contributed by atoms with van der Waals surface area (Å²) in [5.41, 5.74) is -1.26. The first-order chi connectivity index (χ1) is 13.9. The predicted molar refractivity (Wildman–Crippen MR) is 108 cm³/mol. The maximum Gasteiger partial charge on any atom is 0.408 e. The van der Waals surface area contributed by atoms with Crippen LogP contribution in [0, 0.1) is 0 Å². The Kier molecular flexibility index (Phi) is 10.1. The fourth-order valence-corrected chi connectivity index (χ4v) is 3.33. The van der Waals surface area contributed by atoms with Crippen molar-refractivity contribution in [1.29, 1.82) is 0 Å². The van der Waals surface area contributed by atoms with E-state index in [9.17, 15) is 19.2 Å². The molecule has 1 N–H and O–H groups in total. The molecule has 0 aromatic rings. The molecule has 1 aliphatic rings. The fourth-order valence-electron chi connectivity index (χ4n) is 2.31. The molecule has 11 heteroatoms. The van der Waals surface area contributed by atoms with E-state index in [-0.39, 0.29) is 12.4 Å². The van der Waals surface area contributed by atoms with Crippen molar-refractivity contribution in [3.63, 3.8) is 0 Å². The number of ether oxygens (including phenoxy) is 5. The van der Waals surface area contributed by atoms with Crippen LogP contribution in [0.4, 0.5) is 4.79 Å². The molecule has 0 aromatic heterocycles. The Morgan fingerprint density at radius 1 is 1.13 bits per heavy atom. The van der Waals surface area contributed by atoms with Crippen LogP contribution in [0.3, 0.4) is 0 Å². The van der Waals surface area contributed by atoms with Gasteiger partial charge in [-0.1, -0.05) is 0 Å². The van der Waals surface area contributed by atoms with Crippen molar-refractivity contribution in [3.8, 4) is 0 Å². The third-order valence-corrected chi connectivity index (χ3v) is 4.61. The fraction of sp³-hybridized carbons (Fsp3) is 0.684. The van der Waals surface area contributed by atoms with E-state index in [1.807, 2.05) is 0 Å². The van der Waals surface area contributed by atoms with Crippen LogP contribution in [0.25, 0.3) is 0 Å². The van der Waals surface area contributed by atoms with E-state index >= 15 is 0 Å². The lowest BCUT2D eigenvalue weighted by Gasteiger charge is -2.31. The summed E-state index contributed by atoms with van der Waals surface area (Å²) in [7, 11) is 1.21. The zero-order chi connectivity index (χ0) is 22.9. The number of carbonyl (C=O) groups is 4. The highest BCUT2D eigenvalue weighted by Crippen LogP contribution is 2.25. The van der Waals surface area contributed by atoms with Crippen LogP contribution in [-0.2, 0) is 38.1 Å². The Morgan fingerprint density at radius 2 is 1.80 bits per heavy atom. The third-order valence-electron chi connectivity index (χ3n) is 3.49. The molecule has 30 heavy (non-hydrogen) atoms. The zero-order valence-corrected chi connectivity index (χ0v) is 18.8. The van der Waals surface area contributed by atoms with Crippen LogP contribution in [0.15, 0.2) is 12.2 Å². The van der Waals surface area contributed by atoms with Crippen molar-refractivity contribution in [2.75, 3.05) is 19.5 Å². The Balaban J connectivity index is 2.75. The van der Waals surface area contributed by atoms with Gasteiger partial charge in [0.25, 0.3) is 0 Å². The molecule has 0 radical (unpaired) electrons. The number of nitrogens with one attached hydrogen (secondary N) is 1. The van der Waals surface area contributed by atoms with Crippen LogP contribution >= 0.6 is 11.8 Å². The Bertz CT molecular complexity index is 659. The van der Waals surface area contributed by atoms with Gasteiger partial charge in [-0.2, -0.15) is 0 Å². The van der Waals surface area contributed by atoms with E-state index in [1.165, 1.54) is 32.7 Å². The summed E-state index contributed by atoms with van der Waals surface area (Å²) in [6.07, 6.45) is 1.11. The van der Waals surface area contributed by atoms with Gasteiger partial charge in [-0.3, -0.25) is 9.59 Å². The Morgan fingerprint density at radius 3 is 2.33 bits per heavy atom. The second kappa shape index (κ2) is 11.8. The predicted octanol–water partition coefficient (Wildman–Crippen LogP) is 1.56. The molecule has 0 saturated heterocycles. The first-order valence-corrected chi connectivity index (χ1v) is 10.3. The molecule has 1 rings (SSSR count). The first kappa shape index (κ1) is 25.8. The van der Waals surface area contributed by atoms with E-state index in [2.05, 4.69) is 5.32 Å². The highest BCUT2D eigenvalue weighted by molar-refractivity contribution is 8.00. The van der Waals surface area contributed by atoms with Crippen molar-refractivity contribution in [3.05, 3.63) is 12.2 Å². The van der Waals surface area contributed by atoms with Crippen molar-refractivity contribution >= 4 is 35.8 Å². The lowest BCUT2D eigenvalue weighted by molar-refractivity contribution is -0.160. The molecule has 0 spiro atoms. The van der Waals surface area contributed by atoms with Gasteiger partial charge in [-0.15, -0.1) is 11.8 Å². The minimum Gasteiger partial charge on any atom is -0.467 e. The maximum absolute atomic E-state index is 12.0. The van der Waals surface area contributed by atoms with Crippen LogP contribution in [0.1, 0.15) is 34.6 Å². The molecule has 1 aliphatic heterocycles. The maximum atomic E-state index is 12.0. The Hall–Kier alpha value is -2.27. The number of amides is 1. The van der Waals surface area contributed by atoms with Gasteiger partial charge in [0.1, 0.15) is 35.9 Å². The molecule has 0 saturated carbocycles. The largest absolute Gasteiger partial charge is 0.467 e. The van der Waals surface area contributed by atoms with Crippen LogP contribution < -0.4 is 5.32 Å². The van der Waals surface area contributed by atoms with Gasteiger partial charge in [0.2, 0.25) is 0 Å². The topological polar surface area (TPSA) is 126 Å². The van der Waals surface area contributed by atoms with E-state index in [0.29, 0.717) is 0 Å². The van der Waals surface area contributed by atoms with E-state index in [4.69, 9.17) is 23.7 Å². The summed E-state index contributed by atoms with van der Waals surface area (Å²) < 4.78 is 25.9. The number of hydrogen-bond acceptors (Lipinski definition) is 10. The summed E-state index contributed by atoms with van der Waals surface area (Å²) in [5.74, 6) is -1.51. The number of hydrogen-bond donors (Lipinski definition) is 1. The van der Waals surface area contributed by atoms with Gasteiger partial charge in [0, 0.05) is 19.6 Å². The number of esters is 3. The minimum absolute atomic E-state index is 0.106. The molecular formula is C19H29NO9S. The Labute approximate surface area is 179 Å². The van der Waals surface area contributed by atoms with Crippen LogP contribution in [0.5, 0.6) is 0 Å². The smallest absolute Gasteiger partial charge is 0.408 e. The summed E-state index contributed by atoms with van der Waals surface area (Å²) in [4.78, 5) is 46.4. The zero-order valence-electron chi connectivity index (χ0n) is 18.0. The highest BCUT2D eigenvalue weighted by Gasteiger charge is 2.32. The molecule has 170 valence electrons. The SMILES string of the molecule is COC(=O)C(CS[C@@H]1C=C[C@@H](OC(C)=O)C(COC(C)=O)O1)NC(=O)OC(C)(C)C. The van der Waals surface area contributed by atoms with Gasteiger partial charge in [0.15, 0.2) is 0 Å². The van der Waals surface area contributed by atoms with Gasteiger partial charge in [0.05, 0.1) is 7.11 Å². The molecule has 0 fully saturated rings. The molecule has 1 heterocycles. The molecule has 1 amide bonds. The van der Waals surface area contributed by atoms with Crippen molar-refractivity contribution in [2.45, 2.75) is 63.9 Å².